The highest BCUT2D eigenvalue weighted by Gasteiger charge is 2.30. The Morgan fingerprint density at radius 1 is 1.10 bits per heavy atom. The zero-order valence-corrected chi connectivity index (χ0v) is 17.0. The summed E-state index contributed by atoms with van der Waals surface area (Å²) in [7, 11) is -2.02. The molecule has 1 saturated carbocycles. The molecule has 8 nitrogen and oxygen atoms in total. The number of benzene rings is 1. The Morgan fingerprint density at radius 2 is 1.93 bits per heavy atom. The zero-order chi connectivity index (χ0) is 20.2. The van der Waals surface area contributed by atoms with Crippen LogP contribution < -0.4 is 4.72 Å². The molecule has 0 amide bonds. The van der Waals surface area contributed by atoms with Gasteiger partial charge in [0.05, 0.1) is 34.8 Å². The number of sulfonamides is 1. The van der Waals surface area contributed by atoms with Crippen LogP contribution in [-0.4, -0.2) is 33.0 Å². The molecule has 0 unspecified atom stereocenters. The lowest BCUT2D eigenvalue weighted by Gasteiger charge is -2.14. The maximum Gasteiger partial charge on any atom is 0.263 e. The second-order valence-corrected chi connectivity index (χ2v) is 9.19. The van der Waals surface area contributed by atoms with Crippen LogP contribution in [0.4, 0.5) is 5.69 Å². The predicted molar refractivity (Wildman–Crippen MR) is 110 cm³/mol. The Hall–Kier alpha value is -2.91. The van der Waals surface area contributed by atoms with Gasteiger partial charge < -0.3 is 0 Å². The summed E-state index contributed by atoms with van der Waals surface area (Å²) >= 11 is 5.88. The summed E-state index contributed by atoms with van der Waals surface area (Å²) in [4.78, 5) is 4.28. The highest BCUT2D eigenvalue weighted by molar-refractivity contribution is 7.92. The summed E-state index contributed by atoms with van der Waals surface area (Å²) in [5.41, 5.74) is 2.36. The number of halogens is 1. The molecule has 0 aliphatic heterocycles. The van der Waals surface area contributed by atoms with Gasteiger partial charge in [0.2, 0.25) is 0 Å². The molecule has 0 saturated heterocycles. The summed E-state index contributed by atoms with van der Waals surface area (Å²) in [6.45, 7) is 0. The van der Waals surface area contributed by atoms with Gasteiger partial charge in [-0.05, 0) is 36.5 Å². The van der Waals surface area contributed by atoms with Crippen molar-refractivity contribution in [3.05, 3.63) is 59.6 Å². The Labute approximate surface area is 172 Å². The van der Waals surface area contributed by atoms with Crippen molar-refractivity contribution in [3.63, 3.8) is 0 Å². The first-order chi connectivity index (χ1) is 13.9. The average molecular weight is 429 g/mol. The van der Waals surface area contributed by atoms with Crippen LogP contribution in [0.3, 0.4) is 0 Å². The van der Waals surface area contributed by atoms with Crippen LogP contribution in [-0.2, 0) is 17.1 Å². The molecule has 1 aliphatic carbocycles. The fourth-order valence-corrected chi connectivity index (χ4v) is 4.59. The molecule has 1 aliphatic rings. The van der Waals surface area contributed by atoms with Crippen molar-refractivity contribution in [2.24, 2.45) is 7.05 Å². The highest BCUT2D eigenvalue weighted by Crippen LogP contribution is 2.46. The molecule has 5 rings (SSSR count). The van der Waals surface area contributed by atoms with E-state index >= 15 is 0 Å². The summed E-state index contributed by atoms with van der Waals surface area (Å²) in [6, 6.07) is 7.06. The largest absolute Gasteiger partial charge is 0.277 e. The van der Waals surface area contributed by atoms with Gasteiger partial charge in [0.1, 0.15) is 4.90 Å². The van der Waals surface area contributed by atoms with Gasteiger partial charge in [-0.15, -0.1) is 0 Å². The van der Waals surface area contributed by atoms with E-state index in [1.54, 1.807) is 23.1 Å². The third-order valence-electron chi connectivity index (χ3n) is 5.01. The number of rotatable bonds is 5. The van der Waals surface area contributed by atoms with Gasteiger partial charge in [-0.3, -0.25) is 9.40 Å². The number of anilines is 1. The number of nitrogens with zero attached hydrogens (tertiary/aromatic N) is 5. The number of aryl methyl sites for hydroxylation is 1. The molecule has 1 N–H and O–H groups in total. The minimum absolute atomic E-state index is 0.0698. The quantitative estimate of drug-likeness (QED) is 0.525. The molecule has 4 aromatic rings. The fraction of sp³-hybridized carbons (Fsp3) is 0.211. The first-order valence-corrected chi connectivity index (χ1v) is 10.9. The van der Waals surface area contributed by atoms with Gasteiger partial charge in [-0.25, -0.2) is 18.1 Å². The van der Waals surface area contributed by atoms with Gasteiger partial charge in [0, 0.05) is 18.6 Å². The summed E-state index contributed by atoms with van der Waals surface area (Å²) < 4.78 is 32.2. The van der Waals surface area contributed by atoms with Crippen molar-refractivity contribution < 1.29 is 8.42 Å². The third kappa shape index (κ3) is 3.26. The van der Waals surface area contributed by atoms with Gasteiger partial charge in [-0.2, -0.15) is 10.2 Å². The first-order valence-electron chi connectivity index (χ1n) is 9.06. The topological polar surface area (TPSA) is 94.7 Å². The van der Waals surface area contributed by atoms with Crippen LogP contribution in [0.2, 0.25) is 5.02 Å². The monoisotopic (exact) mass is 428 g/mol. The predicted octanol–water partition coefficient (Wildman–Crippen LogP) is 3.49. The van der Waals surface area contributed by atoms with Gasteiger partial charge in [0.15, 0.2) is 5.82 Å². The average Bonchev–Trinajstić information content (AvgIpc) is 3.34. The van der Waals surface area contributed by atoms with Crippen molar-refractivity contribution in [3.8, 4) is 5.82 Å². The zero-order valence-electron chi connectivity index (χ0n) is 15.4. The standard InChI is InChI=1S/C19H17ClN6O2S/c1-25-19-13(8-22-25)4-6-16(12-2-3-12)18(19)24-29(27,28)15-5-7-17(21-10-15)26-11-14(20)9-23-26/h4-12,24H,2-3H2,1H3. The number of nitrogens with one attached hydrogen (secondary N) is 1. The van der Waals surface area contributed by atoms with Crippen molar-refractivity contribution in [2.75, 3.05) is 4.72 Å². The lowest BCUT2D eigenvalue weighted by atomic mass is 10.1. The Balaban J connectivity index is 1.53. The lowest BCUT2D eigenvalue weighted by molar-refractivity contribution is 0.600. The van der Waals surface area contributed by atoms with E-state index in [1.807, 2.05) is 19.2 Å². The number of hydrogen-bond donors (Lipinski definition) is 1. The van der Waals surface area contributed by atoms with Crippen LogP contribution in [0.5, 0.6) is 0 Å². The van der Waals surface area contributed by atoms with E-state index < -0.39 is 10.0 Å². The minimum Gasteiger partial charge on any atom is -0.277 e. The van der Waals surface area contributed by atoms with Crippen LogP contribution >= 0.6 is 11.6 Å². The Morgan fingerprint density at radius 3 is 2.59 bits per heavy atom. The number of fused-ring (bicyclic) bond motifs is 1. The van der Waals surface area contributed by atoms with E-state index in [2.05, 4.69) is 19.9 Å². The van der Waals surface area contributed by atoms with Crippen molar-refractivity contribution in [1.29, 1.82) is 0 Å². The molecule has 3 aromatic heterocycles. The van der Waals surface area contributed by atoms with E-state index in [1.165, 1.54) is 23.1 Å². The number of pyridine rings is 1. The lowest BCUT2D eigenvalue weighted by Crippen LogP contribution is -2.16. The summed E-state index contributed by atoms with van der Waals surface area (Å²) in [5.74, 6) is 0.848. The molecular weight excluding hydrogens is 412 g/mol. The van der Waals surface area contributed by atoms with Crippen LogP contribution in [0, 0.1) is 0 Å². The Kier molecular flexibility index (Phi) is 4.11. The maximum absolute atomic E-state index is 13.1. The first kappa shape index (κ1) is 18.1. The van der Waals surface area contributed by atoms with E-state index in [4.69, 9.17) is 11.6 Å². The molecule has 1 fully saturated rings. The van der Waals surface area contributed by atoms with E-state index in [9.17, 15) is 8.42 Å². The summed E-state index contributed by atoms with van der Waals surface area (Å²) in [5, 5.41) is 9.71. The number of hydrogen-bond acceptors (Lipinski definition) is 5. The van der Waals surface area contributed by atoms with Crippen molar-refractivity contribution in [2.45, 2.75) is 23.7 Å². The molecule has 0 radical (unpaired) electrons. The van der Waals surface area contributed by atoms with E-state index in [-0.39, 0.29) is 4.90 Å². The van der Waals surface area contributed by atoms with Crippen LogP contribution in [0.25, 0.3) is 16.7 Å². The molecule has 0 atom stereocenters. The van der Waals surface area contributed by atoms with E-state index in [0.29, 0.717) is 22.4 Å². The molecule has 10 heteroatoms. The second-order valence-electron chi connectivity index (χ2n) is 7.07. The van der Waals surface area contributed by atoms with Crippen LogP contribution in [0.15, 0.2) is 53.9 Å². The SMILES string of the molecule is Cn1ncc2ccc(C3CC3)c(NS(=O)(=O)c3ccc(-n4cc(Cl)cn4)nc3)c21. The smallest absolute Gasteiger partial charge is 0.263 e. The van der Waals surface area contributed by atoms with Gasteiger partial charge >= 0.3 is 0 Å². The summed E-state index contributed by atoms with van der Waals surface area (Å²) in [6.07, 6.45) is 8.25. The molecule has 3 heterocycles. The second kappa shape index (κ2) is 6.57. The molecule has 29 heavy (non-hydrogen) atoms. The number of aromatic nitrogens is 5. The molecule has 0 bridgehead atoms. The molecule has 0 spiro atoms. The van der Waals surface area contributed by atoms with Crippen molar-refractivity contribution >= 4 is 38.2 Å². The normalized spacial score (nSPS) is 14.4. The van der Waals surface area contributed by atoms with E-state index in [0.717, 1.165) is 29.3 Å². The molecular formula is C19H17ClN6O2S. The van der Waals surface area contributed by atoms with Gasteiger partial charge in [0.25, 0.3) is 10.0 Å². The Bertz CT molecular complexity index is 1320. The third-order valence-corrected chi connectivity index (χ3v) is 6.54. The fourth-order valence-electron chi connectivity index (χ4n) is 3.41. The van der Waals surface area contributed by atoms with Crippen molar-refractivity contribution in [1.82, 2.24) is 24.5 Å². The molecule has 148 valence electrons. The molecule has 1 aromatic carbocycles. The maximum atomic E-state index is 13.1. The van der Waals surface area contributed by atoms with Crippen LogP contribution in [0.1, 0.15) is 24.3 Å². The highest BCUT2D eigenvalue weighted by atomic mass is 35.5. The van der Waals surface area contributed by atoms with Gasteiger partial charge in [-0.1, -0.05) is 23.7 Å². The minimum atomic E-state index is -3.83.